The van der Waals surface area contributed by atoms with E-state index in [1.54, 1.807) is 0 Å². The fourth-order valence-electron chi connectivity index (χ4n) is 1.78. The van der Waals surface area contributed by atoms with Gasteiger partial charge in [-0.25, -0.2) is 0 Å². The van der Waals surface area contributed by atoms with Gasteiger partial charge < -0.3 is 4.74 Å². The number of benzene rings is 2. The molecule has 0 aromatic heterocycles. The van der Waals surface area contributed by atoms with Crippen LogP contribution in [0, 0.1) is 20.8 Å². The van der Waals surface area contributed by atoms with Crippen LogP contribution < -0.4 is 4.74 Å². The molecule has 2 rings (SSSR count). The monoisotopic (exact) mass is 304 g/mol. The van der Waals surface area contributed by atoms with Crippen molar-refractivity contribution in [3.8, 4) is 5.75 Å². The van der Waals surface area contributed by atoms with Gasteiger partial charge in [-0.15, -0.1) is 0 Å². The van der Waals surface area contributed by atoms with Crippen LogP contribution in [0.3, 0.4) is 0 Å². The minimum Gasteiger partial charge on any atom is -0.489 e. The lowest BCUT2D eigenvalue weighted by atomic mass is 10.1. The van der Waals surface area contributed by atoms with Crippen LogP contribution in [0.2, 0.25) is 0 Å². The van der Waals surface area contributed by atoms with Crippen LogP contribution in [0.1, 0.15) is 22.3 Å². The quantitative estimate of drug-likeness (QED) is 0.779. The van der Waals surface area contributed by atoms with Gasteiger partial charge in [-0.3, -0.25) is 0 Å². The lowest BCUT2D eigenvalue weighted by Gasteiger charge is -2.10. The maximum absolute atomic E-state index is 5.87. The third-order valence-corrected chi connectivity index (χ3v) is 3.61. The van der Waals surface area contributed by atoms with Gasteiger partial charge in [0.25, 0.3) is 0 Å². The van der Waals surface area contributed by atoms with E-state index in [0.29, 0.717) is 6.61 Å². The zero-order chi connectivity index (χ0) is 13.1. The van der Waals surface area contributed by atoms with Crippen molar-refractivity contribution in [1.82, 2.24) is 0 Å². The van der Waals surface area contributed by atoms with E-state index in [9.17, 15) is 0 Å². The van der Waals surface area contributed by atoms with Gasteiger partial charge in [-0.2, -0.15) is 0 Å². The molecule has 0 atom stereocenters. The number of hydrogen-bond donors (Lipinski definition) is 0. The summed E-state index contributed by atoms with van der Waals surface area (Å²) in [6.45, 7) is 6.92. The second-order valence-corrected chi connectivity index (χ2v) is 5.53. The zero-order valence-corrected chi connectivity index (χ0v) is 12.5. The van der Waals surface area contributed by atoms with Crippen LogP contribution in [0.15, 0.2) is 40.9 Å². The van der Waals surface area contributed by atoms with Crippen molar-refractivity contribution < 1.29 is 4.74 Å². The van der Waals surface area contributed by atoms with E-state index in [1.807, 2.05) is 12.1 Å². The first-order chi connectivity index (χ1) is 8.56. The van der Waals surface area contributed by atoms with Crippen LogP contribution >= 0.6 is 15.9 Å². The van der Waals surface area contributed by atoms with Gasteiger partial charge in [0, 0.05) is 4.47 Å². The van der Waals surface area contributed by atoms with Crippen molar-refractivity contribution in [2.75, 3.05) is 0 Å². The third kappa shape index (κ3) is 3.14. The molecule has 2 aromatic rings. The topological polar surface area (TPSA) is 9.23 Å². The van der Waals surface area contributed by atoms with Gasteiger partial charge in [-0.05, 0) is 55.2 Å². The van der Waals surface area contributed by atoms with Crippen molar-refractivity contribution in [3.63, 3.8) is 0 Å². The van der Waals surface area contributed by atoms with Crippen LogP contribution in [-0.2, 0) is 6.61 Å². The Labute approximate surface area is 117 Å². The number of rotatable bonds is 3. The number of ether oxygens (including phenoxy) is 1. The minimum atomic E-state index is 0.610. The lowest BCUT2D eigenvalue weighted by molar-refractivity contribution is 0.304. The highest BCUT2D eigenvalue weighted by atomic mass is 79.9. The Bertz CT molecular complexity index is 561. The highest BCUT2D eigenvalue weighted by molar-refractivity contribution is 9.10. The molecule has 0 heterocycles. The normalized spacial score (nSPS) is 10.4. The van der Waals surface area contributed by atoms with Crippen LogP contribution in [0.4, 0.5) is 0 Å². The Balaban J connectivity index is 2.11. The highest BCUT2D eigenvalue weighted by Gasteiger charge is 2.02. The average Bonchev–Trinajstić information content (AvgIpc) is 2.34. The van der Waals surface area contributed by atoms with Crippen LogP contribution in [0.25, 0.3) is 0 Å². The maximum atomic E-state index is 5.87. The molecule has 0 radical (unpaired) electrons. The Morgan fingerprint density at radius 3 is 2.33 bits per heavy atom. The molecule has 2 aromatic carbocycles. The van der Waals surface area contributed by atoms with Crippen molar-refractivity contribution in [3.05, 3.63) is 63.1 Å². The van der Waals surface area contributed by atoms with E-state index in [0.717, 1.165) is 15.8 Å². The zero-order valence-electron chi connectivity index (χ0n) is 11.0. The first kappa shape index (κ1) is 13.2. The van der Waals surface area contributed by atoms with Gasteiger partial charge in [-0.1, -0.05) is 40.2 Å². The van der Waals surface area contributed by atoms with Gasteiger partial charge >= 0.3 is 0 Å². The van der Waals surface area contributed by atoms with E-state index < -0.39 is 0 Å². The first-order valence-corrected chi connectivity index (χ1v) is 6.80. The first-order valence-electron chi connectivity index (χ1n) is 6.01. The predicted octanol–water partition coefficient (Wildman–Crippen LogP) is 4.95. The third-order valence-electron chi connectivity index (χ3n) is 3.12. The van der Waals surface area contributed by atoms with Crippen LogP contribution in [-0.4, -0.2) is 0 Å². The SMILES string of the molecule is Cc1ccc(COc2cc(Br)ccc2C)cc1C. The molecule has 1 nitrogen and oxygen atoms in total. The molecule has 0 spiro atoms. The summed E-state index contributed by atoms with van der Waals surface area (Å²) in [7, 11) is 0. The molecule has 0 bridgehead atoms. The molecule has 0 saturated carbocycles. The highest BCUT2D eigenvalue weighted by Crippen LogP contribution is 2.24. The van der Waals surface area contributed by atoms with Crippen LogP contribution in [0.5, 0.6) is 5.75 Å². The standard InChI is InChI=1S/C16H17BrO/c1-11-4-6-14(8-13(11)3)10-18-16-9-15(17)7-5-12(16)2/h4-9H,10H2,1-3H3. The smallest absolute Gasteiger partial charge is 0.123 e. The number of halogens is 1. The Hall–Kier alpha value is -1.28. The summed E-state index contributed by atoms with van der Waals surface area (Å²) in [5, 5.41) is 0. The molecule has 0 saturated heterocycles. The molecule has 2 heteroatoms. The molecule has 0 aliphatic carbocycles. The Morgan fingerprint density at radius 1 is 0.889 bits per heavy atom. The van der Waals surface area contributed by atoms with Crippen molar-refractivity contribution in [2.24, 2.45) is 0 Å². The molecule has 0 unspecified atom stereocenters. The molecule has 0 fully saturated rings. The van der Waals surface area contributed by atoms with Crippen molar-refractivity contribution >= 4 is 15.9 Å². The summed E-state index contributed by atoms with van der Waals surface area (Å²) in [4.78, 5) is 0. The lowest BCUT2D eigenvalue weighted by Crippen LogP contribution is -1.98. The minimum absolute atomic E-state index is 0.610. The summed E-state index contributed by atoms with van der Waals surface area (Å²) < 4.78 is 6.91. The summed E-state index contributed by atoms with van der Waals surface area (Å²) in [5.41, 5.74) is 4.99. The molecule has 0 amide bonds. The summed E-state index contributed by atoms with van der Waals surface area (Å²) >= 11 is 3.46. The second kappa shape index (κ2) is 5.57. The largest absolute Gasteiger partial charge is 0.489 e. The van der Waals surface area contributed by atoms with Gasteiger partial charge in [0.15, 0.2) is 0 Å². The number of aryl methyl sites for hydroxylation is 3. The van der Waals surface area contributed by atoms with E-state index in [4.69, 9.17) is 4.74 Å². The van der Waals surface area contributed by atoms with E-state index in [-0.39, 0.29) is 0 Å². The molecular formula is C16H17BrO. The van der Waals surface area contributed by atoms with Crippen molar-refractivity contribution in [1.29, 1.82) is 0 Å². The predicted molar refractivity (Wildman–Crippen MR) is 79.1 cm³/mol. The van der Waals surface area contributed by atoms with E-state index in [2.05, 4.69) is 61.0 Å². The molecule has 94 valence electrons. The second-order valence-electron chi connectivity index (χ2n) is 4.62. The molecule has 0 N–H and O–H groups in total. The summed E-state index contributed by atoms with van der Waals surface area (Å²) in [5.74, 6) is 0.933. The number of hydrogen-bond acceptors (Lipinski definition) is 1. The average molecular weight is 305 g/mol. The Kier molecular flexibility index (Phi) is 4.07. The van der Waals surface area contributed by atoms with E-state index >= 15 is 0 Å². The van der Waals surface area contributed by atoms with Crippen molar-refractivity contribution in [2.45, 2.75) is 27.4 Å². The van der Waals surface area contributed by atoms with Gasteiger partial charge in [0.05, 0.1) is 0 Å². The molecular weight excluding hydrogens is 288 g/mol. The summed E-state index contributed by atoms with van der Waals surface area (Å²) in [6.07, 6.45) is 0. The van der Waals surface area contributed by atoms with Gasteiger partial charge in [0.2, 0.25) is 0 Å². The molecule has 0 aliphatic rings. The fourth-order valence-corrected chi connectivity index (χ4v) is 2.12. The Morgan fingerprint density at radius 2 is 1.61 bits per heavy atom. The molecule has 18 heavy (non-hydrogen) atoms. The maximum Gasteiger partial charge on any atom is 0.123 e. The van der Waals surface area contributed by atoms with Gasteiger partial charge in [0.1, 0.15) is 12.4 Å². The van der Waals surface area contributed by atoms with E-state index in [1.165, 1.54) is 16.7 Å². The summed E-state index contributed by atoms with van der Waals surface area (Å²) in [6, 6.07) is 12.5. The fraction of sp³-hybridized carbons (Fsp3) is 0.250. The molecule has 0 aliphatic heterocycles.